The molecule has 8 rings (SSSR count). The summed E-state index contributed by atoms with van der Waals surface area (Å²) >= 11 is 1.30. The first-order valence-corrected chi connectivity index (χ1v) is 22.1. The zero-order valence-corrected chi connectivity index (χ0v) is 35.6. The van der Waals surface area contributed by atoms with Gasteiger partial charge in [-0.3, -0.25) is 22.9 Å². The number of sulfone groups is 1. The van der Waals surface area contributed by atoms with Gasteiger partial charge in [0.2, 0.25) is 0 Å². The van der Waals surface area contributed by atoms with Crippen molar-refractivity contribution in [3.8, 4) is 45.5 Å². The molecule has 0 fully saturated rings. The van der Waals surface area contributed by atoms with Crippen LogP contribution in [0.4, 0.5) is 0 Å². The first kappa shape index (κ1) is 45.0. The average Bonchev–Trinajstić information content (AvgIpc) is 3.23. The van der Waals surface area contributed by atoms with Crippen molar-refractivity contribution < 1.29 is 47.7 Å². The molecule has 1 unspecified atom stereocenters. The Balaban J connectivity index is 0.000000168. The highest BCUT2D eigenvalue weighted by molar-refractivity contribution is 9.10. The van der Waals surface area contributed by atoms with E-state index in [2.05, 4.69) is 15.9 Å². The Morgan fingerprint density at radius 3 is 1.53 bits per heavy atom. The van der Waals surface area contributed by atoms with E-state index < -0.39 is 28.0 Å². The van der Waals surface area contributed by atoms with E-state index in [4.69, 9.17) is 10.0 Å². The summed E-state index contributed by atoms with van der Waals surface area (Å²) in [6, 6.07) is 34.1. The quantitative estimate of drug-likeness (QED) is 0.0872. The van der Waals surface area contributed by atoms with Gasteiger partial charge in [-0.05, 0) is 130 Å². The second-order valence-electron chi connectivity index (χ2n) is 13.7. The van der Waals surface area contributed by atoms with Crippen molar-refractivity contribution in [2.75, 3.05) is 6.26 Å². The highest BCUT2D eigenvalue weighted by Crippen LogP contribution is 2.31. The number of phenols is 4. The van der Waals surface area contributed by atoms with E-state index in [0.717, 1.165) is 6.26 Å². The summed E-state index contributed by atoms with van der Waals surface area (Å²) < 4.78 is 47.7. The number of pyridine rings is 2. The lowest BCUT2D eigenvalue weighted by atomic mass is 9.80. The van der Waals surface area contributed by atoms with Crippen LogP contribution in [0.15, 0.2) is 165 Å². The zero-order valence-electron chi connectivity index (χ0n) is 32.4. The molecule has 18 heteroatoms. The molecule has 0 aliphatic carbocycles. The van der Waals surface area contributed by atoms with Crippen LogP contribution >= 0.6 is 15.9 Å². The Morgan fingerprint density at radius 1 is 0.613 bits per heavy atom. The molecule has 0 amide bonds. The van der Waals surface area contributed by atoms with Gasteiger partial charge in [-0.2, -0.15) is 0 Å². The number of benzene rings is 6. The maximum Gasteiger partial charge on any atom is 0.488 e. The minimum Gasteiger partial charge on any atom is -0.772 e. The highest BCUT2D eigenvalue weighted by Gasteiger charge is 2.15. The van der Waals surface area contributed by atoms with Gasteiger partial charge in [-0.1, -0.05) is 47.5 Å². The van der Waals surface area contributed by atoms with Crippen LogP contribution in [0.5, 0.6) is 23.0 Å². The normalized spacial score (nSPS) is 11.6. The van der Waals surface area contributed by atoms with Gasteiger partial charge >= 0.3 is 7.12 Å². The molecule has 0 radical (unpaired) electrons. The number of hydrogen-bond donors (Lipinski definition) is 6. The summed E-state index contributed by atoms with van der Waals surface area (Å²) in [6.07, 6.45) is 4.43. The summed E-state index contributed by atoms with van der Waals surface area (Å²) in [4.78, 5) is 25.7. The molecule has 2 heterocycles. The van der Waals surface area contributed by atoms with E-state index in [1.54, 1.807) is 79.1 Å². The third kappa shape index (κ3) is 10.7. The topological polar surface area (TPSA) is 240 Å². The minimum absolute atomic E-state index is 0.0216. The van der Waals surface area contributed by atoms with E-state index in [0.29, 0.717) is 59.5 Å². The van der Waals surface area contributed by atoms with Crippen LogP contribution in [0, 0.1) is 0 Å². The number of hydrogen-bond acceptors (Lipinski definition) is 12. The highest BCUT2D eigenvalue weighted by atomic mass is 79.9. The number of phenolic OH excluding ortho intramolecular Hbond substituents is 4. The molecule has 62 heavy (non-hydrogen) atoms. The van der Waals surface area contributed by atoms with Gasteiger partial charge in [-0.15, -0.1) is 0 Å². The van der Waals surface area contributed by atoms with Crippen molar-refractivity contribution in [1.29, 1.82) is 0 Å². The van der Waals surface area contributed by atoms with Crippen LogP contribution in [0.1, 0.15) is 5.56 Å². The average molecular weight is 939 g/mol. The molecule has 6 aromatic carbocycles. The number of fused-ring (bicyclic) bond motifs is 2. The molecule has 0 aliphatic rings. The molecular weight excluding hydrogens is 903 g/mol. The molecule has 0 spiro atoms. The number of halogens is 1. The van der Waals surface area contributed by atoms with Gasteiger partial charge in [0.25, 0.3) is 11.1 Å². The summed E-state index contributed by atoms with van der Waals surface area (Å²) in [6.45, 7) is 0. The van der Waals surface area contributed by atoms with Gasteiger partial charge in [0.05, 0.1) is 4.90 Å². The van der Waals surface area contributed by atoms with E-state index in [-0.39, 0.29) is 44.8 Å². The van der Waals surface area contributed by atoms with Crippen LogP contribution in [-0.2, 0) is 26.7 Å². The first-order valence-electron chi connectivity index (χ1n) is 18.2. The Morgan fingerprint density at radius 2 is 1.06 bits per heavy atom. The lowest BCUT2D eigenvalue weighted by Gasteiger charge is -2.13. The van der Waals surface area contributed by atoms with E-state index in [1.165, 1.54) is 75.9 Å². The molecule has 6 N–H and O–H groups in total. The Bertz CT molecular complexity index is 3160. The fourth-order valence-corrected chi connectivity index (χ4v) is 7.89. The zero-order chi connectivity index (χ0) is 44.9. The minimum atomic E-state index is -3.33. The monoisotopic (exact) mass is 937 g/mol. The van der Waals surface area contributed by atoms with Crippen LogP contribution < -0.4 is 16.6 Å². The van der Waals surface area contributed by atoms with Gasteiger partial charge < -0.3 is 35.0 Å². The summed E-state index contributed by atoms with van der Waals surface area (Å²) in [7, 11) is -4.84. The van der Waals surface area contributed by atoms with Crippen molar-refractivity contribution in [3.63, 3.8) is 0 Å². The van der Waals surface area contributed by atoms with Crippen molar-refractivity contribution >= 4 is 71.0 Å². The Labute approximate surface area is 365 Å². The van der Waals surface area contributed by atoms with Crippen molar-refractivity contribution in [1.82, 2.24) is 9.13 Å². The van der Waals surface area contributed by atoms with E-state index in [1.807, 2.05) is 0 Å². The van der Waals surface area contributed by atoms with Gasteiger partial charge in [0, 0.05) is 67.4 Å². The van der Waals surface area contributed by atoms with E-state index >= 15 is 0 Å². The lowest BCUT2D eigenvalue weighted by molar-refractivity contribution is 0.425. The maximum absolute atomic E-state index is 13.0. The van der Waals surface area contributed by atoms with Crippen molar-refractivity contribution in [2.45, 2.75) is 10.6 Å². The molecular formula is C44H35BBrN2O12S2-. The van der Waals surface area contributed by atoms with Gasteiger partial charge in [0.15, 0.2) is 9.84 Å². The second-order valence-corrected chi connectivity index (χ2v) is 17.5. The third-order valence-electron chi connectivity index (χ3n) is 9.36. The van der Waals surface area contributed by atoms with Crippen LogP contribution in [0.25, 0.3) is 44.0 Å². The molecule has 0 saturated carbocycles. The first-order chi connectivity index (χ1) is 29.4. The fourth-order valence-electron chi connectivity index (χ4n) is 6.26. The predicted molar refractivity (Wildman–Crippen MR) is 241 cm³/mol. The Kier molecular flexibility index (Phi) is 13.8. The molecule has 8 aromatic rings. The maximum atomic E-state index is 13.0. The van der Waals surface area contributed by atoms with E-state index in [9.17, 15) is 47.2 Å². The lowest BCUT2D eigenvalue weighted by Crippen LogP contribution is -2.29. The molecule has 0 bridgehead atoms. The number of nitrogens with zero attached hydrogens (tertiary/aromatic N) is 2. The smallest absolute Gasteiger partial charge is 0.488 e. The van der Waals surface area contributed by atoms with Crippen LogP contribution in [0.2, 0.25) is 0 Å². The summed E-state index contributed by atoms with van der Waals surface area (Å²) in [5, 5.41) is 57.9. The van der Waals surface area contributed by atoms with Crippen LogP contribution in [0.3, 0.4) is 0 Å². The number of rotatable bonds is 7. The standard InChI is InChI=1S/C22H17NO5S.C15H10BrNO3.C7H9BO4S/c1-29(27,28)18-9-2-14(3-10-18)21-13-23(15-4-6-16(24)7-5-15)22(26)19-11-8-17(25)12-20(19)21;16-14-8-17(9-1-3-10(18)4-2-9)15(20)12-6-5-11(19)7-13(12)14;9-8(10)7-3-1-6(2-4-7)5-13(11)12/h2-13,24-25H,1H3;1-8,18-19H;1-4,9-10H,5H2,(H,11,12)/p-1. The third-order valence-corrected chi connectivity index (χ3v) is 11.7. The second kappa shape index (κ2) is 19.0. The summed E-state index contributed by atoms with van der Waals surface area (Å²) in [5.74, 6) is 0.311. The fraction of sp³-hybridized carbons (Fsp3) is 0.0455. The Hall–Kier alpha value is -6.54. The molecule has 0 saturated heterocycles. The molecule has 316 valence electrons. The van der Waals surface area contributed by atoms with Gasteiger partial charge in [-0.25, -0.2) is 8.42 Å². The van der Waals surface area contributed by atoms with Crippen molar-refractivity contribution in [2.24, 2.45) is 0 Å². The molecule has 14 nitrogen and oxygen atoms in total. The van der Waals surface area contributed by atoms with Crippen LogP contribution in [-0.4, -0.2) is 70.2 Å². The summed E-state index contributed by atoms with van der Waals surface area (Å²) in [5.41, 5.74) is 3.08. The molecule has 0 aliphatic heterocycles. The molecule has 2 aromatic heterocycles. The predicted octanol–water partition coefficient (Wildman–Crippen LogP) is 5.38. The SMILES string of the molecule is CS(=O)(=O)c1ccc(-c2cn(-c3ccc(O)cc3)c(=O)c3ccc(O)cc23)cc1.O=S([O-])Cc1ccc(B(O)O)cc1.O=c1c2ccc(O)cc2c(Br)cn1-c1ccc(O)cc1. The largest absolute Gasteiger partial charge is 0.772 e. The van der Waals surface area contributed by atoms with Gasteiger partial charge in [0.1, 0.15) is 23.0 Å². The number of aromatic nitrogens is 2. The molecule has 1 atom stereocenters. The van der Waals surface area contributed by atoms with Crippen molar-refractivity contribution in [3.05, 3.63) is 177 Å². The number of aromatic hydroxyl groups is 4.